The first kappa shape index (κ1) is 11.7. The van der Waals surface area contributed by atoms with Crippen LogP contribution in [0, 0.1) is 5.41 Å². The minimum atomic E-state index is 0.0265. The molecule has 0 unspecified atom stereocenters. The van der Waals surface area contributed by atoms with Crippen molar-refractivity contribution >= 4 is 6.03 Å². The van der Waals surface area contributed by atoms with E-state index in [2.05, 4.69) is 12.2 Å². The van der Waals surface area contributed by atoms with E-state index < -0.39 is 0 Å². The Morgan fingerprint density at radius 1 is 1.31 bits per heavy atom. The standard InChI is InChI=1S/C11H20N2O3/c1-11(8-16-9-11)7-12-10(14)13-3-2-5-15-6-4-13/h2-9H2,1H3,(H,12,14). The first-order chi connectivity index (χ1) is 7.70. The number of urea groups is 1. The molecule has 0 aromatic heterocycles. The number of hydrogen-bond donors (Lipinski definition) is 1. The predicted molar refractivity (Wildman–Crippen MR) is 59.3 cm³/mol. The van der Waals surface area contributed by atoms with E-state index in [1.807, 2.05) is 4.90 Å². The largest absolute Gasteiger partial charge is 0.380 e. The molecule has 0 radical (unpaired) electrons. The van der Waals surface area contributed by atoms with Crippen LogP contribution in [0.15, 0.2) is 0 Å². The Kier molecular flexibility index (Phi) is 3.66. The van der Waals surface area contributed by atoms with Crippen LogP contribution in [0.1, 0.15) is 13.3 Å². The molecule has 0 bridgehead atoms. The second kappa shape index (κ2) is 5.01. The van der Waals surface area contributed by atoms with Gasteiger partial charge in [0, 0.05) is 31.7 Å². The van der Waals surface area contributed by atoms with E-state index in [-0.39, 0.29) is 11.4 Å². The quantitative estimate of drug-likeness (QED) is 0.747. The zero-order valence-corrected chi connectivity index (χ0v) is 9.83. The number of hydrogen-bond acceptors (Lipinski definition) is 3. The topological polar surface area (TPSA) is 50.8 Å². The summed E-state index contributed by atoms with van der Waals surface area (Å²) in [4.78, 5) is 13.7. The van der Waals surface area contributed by atoms with Gasteiger partial charge in [-0.2, -0.15) is 0 Å². The molecule has 16 heavy (non-hydrogen) atoms. The van der Waals surface area contributed by atoms with E-state index in [4.69, 9.17) is 9.47 Å². The Labute approximate surface area is 96.1 Å². The van der Waals surface area contributed by atoms with Gasteiger partial charge in [-0.05, 0) is 6.42 Å². The van der Waals surface area contributed by atoms with Crippen LogP contribution in [0.4, 0.5) is 4.79 Å². The number of amides is 2. The molecule has 2 heterocycles. The normalized spacial score (nSPS) is 24.4. The fraction of sp³-hybridized carbons (Fsp3) is 0.909. The molecule has 1 N–H and O–H groups in total. The first-order valence-electron chi connectivity index (χ1n) is 5.88. The summed E-state index contributed by atoms with van der Waals surface area (Å²) < 4.78 is 10.5. The van der Waals surface area contributed by atoms with Gasteiger partial charge >= 0.3 is 6.03 Å². The molecule has 0 aromatic carbocycles. The smallest absolute Gasteiger partial charge is 0.317 e. The van der Waals surface area contributed by atoms with Crippen LogP contribution < -0.4 is 5.32 Å². The molecule has 2 amide bonds. The molecule has 5 heteroatoms. The first-order valence-corrected chi connectivity index (χ1v) is 5.88. The zero-order valence-electron chi connectivity index (χ0n) is 9.83. The molecular weight excluding hydrogens is 208 g/mol. The van der Waals surface area contributed by atoms with Gasteiger partial charge < -0.3 is 19.7 Å². The third-order valence-electron chi connectivity index (χ3n) is 3.08. The molecule has 0 spiro atoms. The van der Waals surface area contributed by atoms with Gasteiger partial charge in [-0.15, -0.1) is 0 Å². The number of carbonyl (C=O) groups is 1. The van der Waals surface area contributed by atoms with Crippen LogP contribution in [-0.2, 0) is 9.47 Å². The van der Waals surface area contributed by atoms with E-state index >= 15 is 0 Å². The van der Waals surface area contributed by atoms with Crippen molar-refractivity contribution in [3.63, 3.8) is 0 Å². The molecule has 2 aliphatic heterocycles. The minimum absolute atomic E-state index is 0.0265. The highest BCUT2D eigenvalue weighted by molar-refractivity contribution is 5.74. The Morgan fingerprint density at radius 2 is 2.12 bits per heavy atom. The van der Waals surface area contributed by atoms with Crippen molar-refractivity contribution in [1.29, 1.82) is 0 Å². The monoisotopic (exact) mass is 228 g/mol. The summed E-state index contributed by atoms with van der Waals surface area (Å²) in [5.41, 5.74) is 0.137. The zero-order chi connectivity index (χ0) is 11.4. The maximum absolute atomic E-state index is 11.9. The SMILES string of the molecule is CC1(CNC(=O)N2CCCOCC2)COC1. The highest BCUT2D eigenvalue weighted by Gasteiger charge is 2.34. The van der Waals surface area contributed by atoms with Crippen molar-refractivity contribution in [1.82, 2.24) is 10.2 Å². The van der Waals surface area contributed by atoms with Crippen LogP contribution in [-0.4, -0.2) is 57.0 Å². The molecule has 0 saturated carbocycles. The van der Waals surface area contributed by atoms with Crippen LogP contribution >= 0.6 is 0 Å². The lowest BCUT2D eigenvalue weighted by atomic mass is 9.89. The van der Waals surface area contributed by atoms with E-state index in [1.54, 1.807) is 0 Å². The Bertz CT molecular complexity index is 246. The molecule has 0 aromatic rings. The van der Waals surface area contributed by atoms with Crippen molar-refractivity contribution in [3.8, 4) is 0 Å². The second-order valence-electron chi connectivity index (χ2n) is 4.92. The molecular formula is C11H20N2O3. The molecule has 5 nitrogen and oxygen atoms in total. The van der Waals surface area contributed by atoms with Gasteiger partial charge in [-0.3, -0.25) is 0 Å². The van der Waals surface area contributed by atoms with Gasteiger partial charge in [0.15, 0.2) is 0 Å². The minimum Gasteiger partial charge on any atom is -0.380 e. The summed E-state index contributed by atoms with van der Waals surface area (Å²) in [5.74, 6) is 0. The lowest BCUT2D eigenvalue weighted by Gasteiger charge is -2.38. The van der Waals surface area contributed by atoms with Gasteiger partial charge in [0.05, 0.1) is 19.8 Å². The van der Waals surface area contributed by atoms with Gasteiger partial charge in [-0.1, -0.05) is 6.92 Å². The number of nitrogens with one attached hydrogen (secondary N) is 1. The van der Waals surface area contributed by atoms with E-state index in [0.29, 0.717) is 19.7 Å². The van der Waals surface area contributed by atoms with Crippen molar-refractivity contribution in [2.45, 2.75) is 13.3 Å². The van der Waals surface area contributed by atoms with Crippen molar-refractivity contribution < 1.29 is 14.3 Å². The fourth-order valence-corrected chi connectivity index (χ4v) is 1.90. The summed E-state index contributed by atoms with van der Waals surface area (Å²) in [5, 5.41) is 2.97. The van der Waals surface area contributed by atoms with E-state index in [0.717, 1.165) is 32.8 Å². The summed E-state index contributed by atoms with van der Waals surface area (Å²) in [6, 6.07) is 0.0265. The summed E-state index contributed by atoms with van der Waals surface area (Å²) in [6.45, 7) is 7.21. The van der Waals surface area contributed by atoms with E-state index in [9.17, 15) is 4.79 Å². The molecule has 2 aliphatic rings. The average Bonchev–Trinajstić information content (AvgIpc) is 2.51. The van der Waals surface area contributed by atoms with Crippen molar-refractivity contribution in [2.75, 3.05) is 46.1 Å². The Morgan fingerprint density at radius 3 is 2.81 bits per heavy atom. The van der Waals surface area contributed by atoms with Crippen molar-refractivity contribution in [3.05, 3.63) is 0 Å². The van der Waals surface area contributed by atoms with E-state index in [1.165, 1.54) is 0 Å². The summed E-state index contributed by atoms with van der Waals surface area (Å²) in [6.07, 6.45) is 0.924. The van der Waals surface area contributed by atoms with Gasteiger partial charge in [0.25, 0.3) is 0 Å². The number of carbonyl (C=O) groups excluding carboxylic acids is 1. The maximum atomic E-state index is 11.9. The number of nitrogens with zero attached hydrogens (tertiary/aromatic N) is 1. The van der Waals surface area contributed by atoms with Crippen LogP contribution in [0.2, 0.25) is 0 Å². The van der Waals surface area contributed by atoms with Crippen LogP contribution in [0.3, 0.4) is 0 Å². The molecule has 2 saturated heterocycles. The average molecular weight is 228 g/mol. The number of rotatable bonds is 2. The second-order valence-corrected chi connectivity index (χ2v) is 4.92. The van der Waals surface area contributed by atoms with Crippen LogP contribution in [0.5, 0.6) is 0 Å². The third kappa shape index (κ3) is 2.86. The lowest BCUT2D eigenvalue weighted by Crippen LogP contribution is -2.51. The highest BCUT2D eigenvalue weighted by atomic mass is 16.5. The molecule has 2 rings (SSSR count). The highest BCUT2D eigenvalue weighted by Crippen LogP contribution is 2.25. The Hall–Kier alpha value is -0.810. The van der Waals surface area contributed by atoms with Crippen molar-refractivity contribution in [2.24, 2.45) is 5.41 Å². The third-order valence-corrected chi connectivity index (χ3v) is 3.08. The molecule has 2 fully saturated rings. The molecule has 0 atom stereocenters. The number of ether oxygens (including phenoxy) is 2. The summed E-state index contributed by atoms with van der Waals surface area (Å²) >= 11 is 0. The fourth-order valence-electron chi connectivity index (χ4n) is 1.90. The molecule has 92 valence electrons. The Balaban J connectivity index is 1.73. The van der Waals surface area contributed by atoms with Gasteiger partial charge in [0.1, 0.15) is 0 Å². The lowest BCUT2D eigenvalue weighted by molar-refractivity contribution is -0.0978. The van der Waals surface area contributed by atoms with Crippen LogP contribution in [0.25, 0.3) is 0 Å². The summed E-state index contributed by atoms with van der Waals surface area (Å²) in [7, 11) is 0. The molecule has 0 aliphatic carbocycles. The maximum Gasteiger partial charge on any atom is 0.317 e. The van der Waals surface area contributed by atoms with Gasteiger partial charge in [-0.25, -0.2) is 4.79 Å². The van der Waals surface area contributed by atoms with Gasteiger partial charge in [0.2, 0.25) is 0 Å². The predicted octanol–water partition coefficient (Wildman–Crippen LogP) is 0.455.